The molecule has 0 fully saturated rings. The number of rotatable bonds is 4. The number of nitrogens with zero attached hydrogens (tertiary/aromatic N) is 1. The number of nitrogen functional groups attached to an aromatic ring is 1. The van der Waals surface area contributed by atoms with Gasteiger partial charge in [-0.05, 0) is 18.2 Å². The van der Waals surface area contributed by atoms with Crippen LogP contribution in [-0.4, -0.2) is 25.8 Å². The standard InChI is InChI=1S/C10H15FN2O2S/c1-3-13(4-2)16(14,15)10-6-5-8(12)7-9(10)11/h5-7H,3-4,12H2,1-2H3. The zero-order chi connectivity index (χ0) is 12.3. The zero-order valence-electron chi connectivity index (χ0n) is 9.27. The first-order chi connectivity index (χ1) is 7.43. The minimum Gasteiger partial charge on any atom is -0.399 e. The summed E-state index contributed by atoms with van der Waals surface area (Å²) in [5.41, 5.74) is 5.57. The molecule has 16 heavy (non-hydrogen) atoms. The molecule has 1 aromatic carbocycles. The van der Waals surface area contributed by atoms with Crippen LogP contribution in [0.25, 0.3) is 0 Å². The Morgan fingerprint density at radius 1 is 1.31 bits per heavy atom. The monoisotopic (exact) mass is 246 g/mol. The summed E-state index contributed by atoms with van der Waals surface area (Å²) in [7, 11) is -3.75. The van der Waals surface area contributed by atoms with Gasteiger partial charge in [-0.2, -0.15) is 4.31 Å². The van der Waals surface area contributed by atoms with Crippen molar-refractivity contribution in [2.45, 2.75) is 18.7 Å². The van der Waals surface area contributed by atoms with Gasteiger partial charge in [0, 0.05) is 18.8 Å². The normalized spacial score (nSPS) is 12.0. The average molecular weight is 246 g/mol. The molecule has 0 heterocycles. The Bertz CT molecular complexity index is 470. The van der Waals surface area contributed by atoms with E-state index in [2.05, 4.69) is 0 Å². The molecule has 0 radical (unpaired) electrons. The maximum absolute atomic E-state index is 13.5. The lowest BCUT2D eigenvalue weighted by Crippen LogP contribution is -2.31. The molecule has 0 unspecified atom stereocenters. The molecule has 2 N–H and O–H groups in total. The number of halogens is 1. The van der Waals surface area contributed by atoms with Crippen molar-refractivity contribution >= 4 is 15.7 Å². The van der Waals surface area contributed by atoms with Gasteiger partial charge in [0.25, 0.3) is 0 Å². The minimum absolute atomic E-state index is 0.205. The lowest BCUT2D eigenvalue weighted by molar-refractivity contribution is 0.440. The second kappa shape index (κ2) is 4.80. The van der Waals surface area contributed by atoms with Gasteiger partial charge >= 0.3 is 0 Å². The van der Waals surface area contributed by atoms with E-state index in [-0.39, 0.29) is 10.6 Å². The van der Waals surface area contributed by atoms with Crippen molar-refractivity contribution in [3.05, 3.63) is 24.0 Å². The predicted molar refractivity (Wildman–Crippen MR) is 60.9 cm³/mol. The number of hydrogen-bond donors (Lipinski definition) is 1. The zero-order valence-corrected chi connectivity index (χ0v) is 10.1. The van der Waals surface area contributed by atoms with Gasteiger partial charge in [0.15, 0.2) is 0 Å². The molecule has 6 heteroatoms. The molecule has 1 aromatic rings. The number of benzene rings is 1. The summed E-state index contributed by atoms with van der Waals surface area (Å²) >= 11 is 0. The Hall–Kier alpha value is -1.14. The van der Waals surface area contributed by atoms with Gasteiger partial charge in [-0.15, -0.1) is 0 Å². The van der Waals surface area contributed by atoms with E-state index < -0.39 is 15.8 Å². The molecular formula is C10H15FN2O2S. The van der Waals surface area contributed by atoms with Crippen LogP contribution in [0.3, 0.4) is 0 Å². The van der Waals surface area contributed by atoms with E-state index in [0.717, 1.165) is 6.07 Å². The quantitative estimate of drug-likeness (QED) is 0.818. The number of sulfonamides is 1. The fourth-order valence-electron chi connectivity index (χ4n) is 1.43. The lowest BCUT2D eigenvalue weighted by atomic mass is 10.3. The van der Waals surface area contributed by atoms with Crippen LogP contribution in [0.5, 0.6) is 0 Å². The highest BCUT2D eigenvalue weighted by Crippen LogP contribution is 2.20. The van der Waals surface area contributed by atoms with Crippen molar-refractivity contribution in [2.75, 3.05) is 18.8 Å². The van der Waals surface area contributed by atoms with Crippen LogP contribution in [0, 0.1) is 5.82 Å². The van der Waals surface area contributed by atoms with Gasteiger partial charge in [-0.1, -0.05) is 13.8 Å². The van der Waals surface area contributed by atoms with Crippen molar-refractivity contribution < 1.29 is 12.8 Å². The first kappa shape index (κ1) is 12.9. The molecule has 90 valence electrons. The Morgan fingerprint density at radius 3 is 2.31 bits per heavy atom. The van der Waals surface area contributed by atoms with Crippen molar-refractivity contribution in [3.8, 4) is 0 Å². The first-order valence-corrected chi connectivity index (χ1v) is 6.42. The van der Waals surface area contributed by atoms with E-state index in [9.17, 15) is 12.8 Å². The lowest BCUT2D eigenvalue weighted by Gasteiger charge is -2.18. The van der Waals surface area contributed by atoms with Crippen LogP contribution in [0.2, 0.25) is 0 Å². The molecule has 0 aliphatic rings. The molecule has 0 spiro atoms. The molecular weight excluding hydrogens is 231 g/mol. The van der Waals surface area contributed by atoms with Crippen LogP contribution in [0.1, 0.15) is 13.8 Å². The van der Waals surface area contributed by atoms with Gasteiger partial charge in [0.2, 0.25) is 10.0 Å². The van der Waals surface area contributed by atoms with E-state index in [1.165, 1.54) is 16.4 Å². The maximum Gasteiger partial charge on any atom is 0.245 e. The first-order valence-electron chi connectivity index (χ1n) is 4.98. The van der Waals surface area contributed by atoms with Gasteiger partial charge in [0.05, 0.1) is 0 Å². The average Bonchev–Trinajstić information content (AvgIpc) is 2.18. The van der Waals surface area contributed by atoms with Gasteiger partial charge in [0.1, 0.15) is 10.7 Å². The Kier molecular flexibility index (Phi) is 3.88. The molecule has 4 nitrogen and oxygen atoms in total. The van der Waals surface area contributed by atoms with Gasteiger partial charge in [-0.3, -0.25) is 0 Å². The Balaban J connectivity index is 3.27. The topological polar surface area (TPSA) is 63.4 Å². The molecule has 0 aliphatic carbocycles. The number of anilines is 1. The second-order valence-corrected chi connectivity index (χ2v) is 5.19. The van der Waals surface area contributed by atoms with E-state index >= 15 is 0 Å². The summed E-state index contributed by atoms with van der Waals surface area (Å²) in [6.45, 7) is 4.03. The van der Waals surface area contributed by atoms with E-state index in [0.29, 0.717) is 13.1 Å². The van der Waals surface area contributed by atoms with Crippen LogP contribution in [0.15, 0.2) is 23.1 Å². The Labute approximate surface area is 94.9 Å². The highest BCUT2D eigenvalue weighted by atomic mass is 32.2. The molecule has 1 rings (SSSR count). The molecule has 0 saturated heterocycles. The highest BCUT2D eigenvalue weighted by molar-refractivity contribution is 7.89. The smallest absolute Gasteiger partial charge is 0.245 e. The molecule has 0 bridgehead atoms. The van der Waals surface area contributed by atoms with E-state index in [4.69, 9.17) is 5.73 Å². The summed E-state index contributed by atoms with van der Waals surface area (Å²) in [4.78, 5) is -0.328. The van der Waals surface area contributed by atoms with Crippen LogP contribution in [0.4, 0.5) is 10.1 Å². The van der Waals surface area contributed by atoms with E-state index in [1.807, 2.05) is 0 Å². The molecule has 0 aromatic heterocycles. The van der Waals surface area contributed by atoms with Crippen molar-refractivity contribution in [2.24, 2.45) is 0 Å². The fourth-order valence-corrected chi connectivity index (χ4v) is 2.93. The molecule has 0 amide bonds. The SMILES string of the molecule is CCN(CC)S(=O)(=O)c1ccc(N)cc1F. The van der Waals surface area contributed by atoms with E-state index in [1.54, 1.807) is 13.8 Å². The van der Waals surface area contributed by atoms with Crippen molar-refractivity contribution in [3.63, 3.8) is 0 Å². The van der Waals surface area contributed by atoms with Crippen LogP contribution >= 0.6 is 0 Å². The maximum atomic E-state index is 13.5. The van der Waals surface area contributed by atoms with Crippen molar-refractivity contribution in [1.82, 2.24) is 4.31 Å². The summed E-state index contributed by atoms with van der Waals surface area (Å²) in [5, 5.41) is 0. The van der Waals surface area contributed by atoms with Gasteiger partial charge < -0.3 is 5.73 Å². The molecule has 0 saturated carbocycles. The predicted octanol–water partition coefficient (Wildman–Crippen LogP) is 1.44. The summed E-state index contributed by atoms with van der Waals surface area (Å²) in [5.74, 6) is -0.813. The summed E-state index contributed by atoms with van der Waals surface area (Å²) in [6.07, 6.45) is 0. The molecule has 0 aliphatic heterocycles. The number of hydrogen-bond acceptors (Lipinski definition) is 3. The van der Waals surface area contributed by atoms with Crippen molar-refractivity contribution in [1.29, 1.82) is 0 Å². The fraction of sp³-hybridized carbons (Fsp3) is 0.400. The third-order valence-electron chi connectivity index (χ3n) is 2.28. The van der Waals surface area contributed by atoms with Crippen LogP contribution < -0.4 is 5.73 Å². The Morgan fingerprint density at radius 2 is 1.88 bits per heavy atom. The second-order valence-electron chi connectivity index (χ2n) is 3.28. The van der Waals surface area contributed by atoms with Gasteiger partial charge in [-0.25, -0.2) is 12.8 Å². The van der Waals surface area contributed by atoms with Crippen LogP contribution in [-0.2, 0) is 10.0 Å². The highest BCUT2D eigenvalue weighted by Gasteiger charge is 2.24. The third-order valence-corrected chi connectivity index (χ3v) is 4.36. The largest absolute Gasteiger partial charge is 0.399 e. The summed E-state index contributed by atoms with van der Waals surface area (Å²) < 4.78 is 38.6. The third kappa shape index (κ3) is 2.33. The minimum atomic E-state index is -3.75. The molecule has 0 atom stereocenters. The number of nitrogens with two attached hydrogens (primary N) is 1. The summed E-state index contributed by atoms with van der Waals surface area (Å²) in [6, 6.07) is 3.58.